The lowest BCUT2D eigenvalue weighted by Gasteiger charge is -2.14. The number of ether oxygens (including phenoxy) is 3. The molecule has 0 unspecified atom stereocenters. The van der Waals surface area contributed by atoms with Crippen molar-refractivity contribution in [2.24, 2.45) is 0 Å². The second-order valence-electron chi connectivity index (χ2n) is 6.41. The van der Waals surface area contributed by atoms with Crippen LogP contribution in [0.25, 0.3) is 0 Å². The number of thiophene rings is 1. The van der Waals surface area contributed by atoms with Crippen molar-refractivity contribution >= 4 is 17.3 Å². The second kappa shape index (κ2) is 11.3. The molecular formula is C19H30O4S. The molecule has 0 fully saturated rings. The van der Waals surface area contributed by atoms with E-state index in [1.807, 2.05) is 10.8 Å². The van der Waals surface area contributed by atoms with Crippen molar-refractivity contribution in [2.75, 3.05) is 13.2 Å². The first kappa shape index (κ1) is 19.1. The van der Waals surface area contributed by atoms with Gasteiger partial charge in [-0.05, 0) is 6.42 Å². The highest BCUT2D eigenvalue weighted by molar-refractivity contribution is 7.08. The van der Waals surface area contributed by atoms with Crippen LogP contribution in [0.3, 0.4) is 0 Å². The molecule has 0 spiro atoms. The summed E-state index contributed by atoms with van der Waals surface area (Å²) in [5.41, 5.74) is 0. The predicted molar refractivity (Wildman–Crippen MR) is 97.0 cm³/mol. The van der Waals surface area contributed by atoms with Crippen LogP contribution in [0.15, 0.2) is 10.8 Å². The Morgan fingerprint density at radius 1 is 1.00 bits per heavy atom. The lowest BCUT2D eigenvalue weighted by Crippen LogP contribution is -2.29. The van der Waals surface area contributed by atoms with Gasteiger partial charge in [0.25, 0.3) is 0 Å². The van der Waals surface area contributed by atoms with Crippen molar-refractivity contribution in [1.29, 1.82) is 0 Å². The summed E-state index contributed by atoms with van der Waals surface area (Å²) in [6, 6.07) is 0. The van der Waals surface area contributed by atoms with E-state index < -0.39 is 0 Å². The largest absolute Gasteiger partial charge is 0.485 e. The normalized spacial score (nSPS) is 14.4. The smallest absolute Gasteiger partial charge is 0.306 e. The molecule has 0 aromatic carbocycles. The van der Waals surface area contributed by atoms with Gasteiger partial charge in [0.05, 0.1) is 0 Å². The van der Waals surface area contributed by atoms with Gasteiger partial charge in [0, 0.05) is 17.2 Å². The first-order valence-electron chi connectivity index (χ1n) is 9.31. The summed E-state index contributed by atoms with van der Waals surface area (Å²) in [6.07, 6.45) is 11.4. The first-order chi connectivity index (χ1) is 11.8. The van der Waals surface area contributed by atoms with Gasteiger partial charge in [0.1, 0.15) is 13.2 Å². The maximum absolute atomic E-state index is 11.9. The fourth-order valence-electron chi connectivity index (χ4n) is 2.79. The number of esters is 1. The van der Waals surface area contributed by atoms with Crippen molar-refractivity contribution in [2.45, 2.75) is 77.2 Å². The van der Waals surface area contributed by atoms with E-state index in [1.54, 1.807) is 11.3 Å². The van der Waals surface area contributed by atoms with Crippen LogP contribution in [0, 0.1) is 0 Å². The van der Waals surface area contributed by atoms with E-state index in [0.29, 0.717) is 19.6 Å². The number of hydrogen-bond acceptors (Lipinski definition) is 5. The van der Waals surface area contributed by atoms with Crippen LogP contribution in [0.2, 0.25) is 0 Å². The summed E-state index contributed by atoms with van der Waals surface area (Å²) in [5, 5.41) is 3.81. The van der Waals surface area contributed by atoms with Crippen LogP contribution in [0.5, 0.6) is 11.5 Å². The molecule has 0 saturated carbocycles. The molecule has 2 rings (SSSR count). The third kappa shape index (κ3) is 7.12. The molecule has 4 nitrogen and oxygen atoms in total. The lowest BCUT2D eigenvalue weighted by molar-refractivity contribution is -0.151. The minimum Gasteiger partial charge on any atom is -0.485 e. The second-order valence-corrected chi connectivity index (χ2v) is 7.16. The summed E-state index contributed by atoms with van der Waals surface area (Å²) in [6.45, 7) is 2.98. The molecule has 1 aliphatic heterocycles. The monoisotopic (exact) mass is 354 g/mol. The van der Waals surface area contributed by atoms with Crippen LogP contribution >= 0.6 is 11.3 Å². The quantitative estimate of drug-likeness (QED) is 0.397. The molecular weight excluding hydrogens is 324 g/mol. The SMILES string of the molecule is CCCCCCCCCCCC(=O)OC1COc2cscc2OC1. The fraction of sp³-hybridized carbons (Fsp3) is 0.737. The summed E-state index contributed by atoms with van der Waals surface area (Å²) in [4.78, 5) is 11.9. The molecule has 1 aliphatic rings. The number of unbranched alkanes of at least 4 members (excludes halogenated alkanes) is 8. The summed E-state index contributed by atoms with van der Waals surface area (Å²) < 4.78 is 16.7. The van der Waals surface area contributed by atoms with E-state index >= 15 is 0 Å². The zero-order valence-electron chi connectivity index (χ0n) is 14.8. The van der Waals surface area contributed by atoms with Crippen LogP contribution in [0.4, 0.5) is 0 Å². The molecule has 1 aromatic heterocycles. The Balaban J connectivity index is 1.47. The summed E-state index contributed by atoms with van der Waals surface area (Å²) in [5.74, 6) is 1.36. The lowest BCUT2D eigenvalue weighted by atomic mass is 10.1. The van der Waals surface area contributed by atoms with Crippen LogP contribution in [-0.4, -0.2) is 25.3 Å². The molecule has 0 saturated heterocycles. The third-order valence-corrected chi connectivity index (χ3v) is 4.93. The number of fused-ring (bicyclic) bond motifs is 1. The highest BCUT2D eigenvalue weighted by Crippen LogP contribution is 2.33. The maximum Gasteiger partial charge on any atom is 0.306 e. The number of carbonyl (C=O) groups excluding carboxylic acids is 1. The number of rotatable bonds is 11. The molecule has 5 heteroatoms. The Morgan fingerprint density at radius 2 is 1.54 bits per heavy atom. The van der Waals surface area contributed by atoms with Gasteiger partial charge in [-0.15, -0.1) is 11.3 Å². The highest BCUT2D eigenvalue weighted by Gasteiger charge is 2.21. The van der Waals surface area contributed by atoms with E-state index in [1.165, 1.54) is 44.9 Å². The van der Waals surface area contributed by atoms with Crippen LogP contribution in [0.1, 0.15) is 71.1 Å². The van der Waals surface area contributed by atoms with Crippen molar-refractivity contribution in [3.05, 3.63) is 10.8 Å². The zero-order chi connectivity index (χ0) is 17.0. The molecule has 0 N–H and O–H groups in total. The first-order valence-corrected chi connectivity index (χ1v) is 10.2. The van der Waals surface area contributed by atoms with Gasteiger partial charge < -0.3 is 14.2 Å². The minimum absolute atomic E-state index is 0.139. The van der Waals surface area contributed by atoms with Crippen molar-refractivity contribution in [1.82, 2.24) is 0 Å². The van der Waals surface area contributed by atoms with Crippen molar-refractivity contribution in [3.8, 4) is 11.5 Å². The average Bonchev–Trinajstić information content (AvgIpc) is 2.95. The van der Waals surface area contributed by atoms with Crippen molar-refractivity contribution < 1.29 is 19.0 Å². The number of carbonyl (C=O) groups is 1. The Kier molecular flexibility index (Phi) is 9.03. The maximum atomic E-state index is 11.9. The van der Waals surface area contributed by atoms with Gasteiger partial charge in [0.15, 0.2) is 17.6 Å². The zero-order valence-corrected chi connectivity index (χ0v) is 15.6. The van der Waals surface area contributed by atoms with E-state index in [4.69, 9.17) is 14.2 Å². The summed E-state index contributed by atoms with van der Waals surface area (Å²) in [7, 11) is 0. The highest BCUT2D eigenvalue weighted by atomic mass is 32.1. The molecule has 0 atom stereocenters. The van der Waals surface area contributed by atoms with E-state index in [2.05, 4.69) is 6.92 Å². The van der Waals surface area contributed by atoms with Crippen LogP contribution < -0.4 is 9.47 Å². The molecule has 0 aliphatic carbocycles. The Morgan fingerprint density at radius 3 is 2.12 bits per heavy atom. The van der Waals surface area contributed by atoms with Gasteiger partial charge in [-0.2, -0.15) is 0 Å². The molecule has 0 bridgehead atoms. The van der Waals surface area contributed by atoms with Gasteiger partial charge >= 0.3 is 5.97 Å². The minimum atomic E-state index is -0.312. The van der Waals surface area contributed by atoms with Crippen molar-refractivity contribution in [3.63, 3.8) is 0 Å². The Bertz CT molecular complexity index is 449. The number of hydrogen-bond donors (Lipinski definition) is 0. The molecule has 136 valence electrons. The van der Waals surface area contributed by atoms with Gasteiger partial charge in [-0.1, -0.05) is 58.3 Å². The van der Waals surface area contributed by atoms with E-state index in [-0.39, 0.29) is 12.1 Å². The van der Waals surface area contributed by atoms with Crippen LogP contribution in [-0.2, 0) is 9.53 Å². The Hall–Kier alpha value is -1.23. The van der Waals surface area contributed by atoms with Gasteiger partial charge in [-0.3, -0.25) is 4.79 Å². The fourth-order valence-corrected chi connectivity index (χ4v) is 3.47. The molecule has 0 amide bonds. The topological polar surface area (TPSA) is 44.8 Å². The molecule has 0 radical (unpaired) electrons. The van der Waals surface area contributed by atoms with Gasteiger partial charge in [0.2, 0.25) is 0 Å². The molecule has 24 heavy (non-hydrogen) atoms. The third-order valence-electron chi connectivity index (χ3n) is 4.23. The average molecular weight is 355 g/mol. The predicted octanol–water partition coefficient (Wildman–Crippen LogP) is 5.35. The molecule has 2 heterocycles. The summed E-state index contributed by atoms with van der Waals surface area (Å²) >= 11 is 1.54. The Labute approximate surface area is 149 Å². The molecule has 1 aromatic rings. The van der Waals surface area contributed by atoms with E-state index in [0.717, 1.165) is 24.3 Å². The van der Waals surface area contributed by atoms with E-state index in [9.17, 15) is 4.79 Å². The standard InChI is InChI=1S/C19H30O4S/c1-2-3-4-5-6-7-8-9-10-11-19(20)23-16-12-21-17-14-24-15-18(17)22-13-16/h14-16H,2-13H2,1H3. The van der Waals surface area contributed by atoms with Gasteiger partial charge in [-0.25, -0.2) is 0 Å².